The molecule has 3 aromatic rings. The van der Waals surface area contributed by atoms with Crippen molar-refractivity contribution in [2.45, 2.75) is 96.3 Å². The predicted molar refractivity (Wildman–Crippen MR) is 148 cm³/mol. The van der Waals surface area contributed by atoms with Crippen molar-refractivity contribution in [2.24, 2.45) is 0 Å². The number of carbonyl (C=O) groups excluding carboxylic acids is 1. The molecular weight excluding hydrogens is 432 g/mol. The van der Waals surface area contributed by atoms with Crippen LogP contribution in [0.15, 0.2) is 54.6 Å². The fraction of sp³-hybridized carbons (Fsp3) is 0.531. The molecule has 0 saturated heterocycles. The Kier molecular flexibility index (Phi) is 12.5. The first-order valence-electron chi connectivity index (χ1n) is 13.9. The van der Waals surface area contributed by atoms with Crippen molar-refractivity contribution >= 4 is 27.5 Å². The van der Waals surface area contributed by atoms with Gasteiger partial charge in [0.25, 0.3) is 0 Å². The van der Waals surface area contributed by atoms with Crippen LogP contribution < -0.4 is 4.74 Å². The topological polar surface area (TPSA) is 35.5 Å². The largest absolute Gasteiger partial charge is 0.493 e. The van der Waals surface area contributed by atoms with Gasteiger partial charge in [-0.15, -0.1) is 0 Å². The molecule has 0 atom stereocenters. The zero-order valence-corrected chi connectivity index (χ0v) is 21.7. The van der Waals surface area contributed by atoms with Crippen LogP contribution in [-0.2, 0) is 9.53 Å². The third kappa shape index (κ3) is 9.92. The molecule has 0 aliphatic heterocycles. The van der Waals surface area contributed by atoms with Crippen LogP contribution >= 0.6 is 0 Å². The molecule has 3 nitrogen and oxygen atoms in total. The average molecular weight is 477 g/mol. The van der Waals surface area contributed by atoms with Gasteiger partial charge in [0, 0.05) is 11.8 Å². The number of rotatable bonds is 18. The van der Waals surface area contributed by atoms with Crippen LogP contribution in [-0.4, -0.2) is 19.7 Å². The van der Waals surface area contributed by atoms with Gasteiger partial charge in [0.1, 0.15) is 5.75 Å². The van der Waals surface area contributed by atoms with Gasteiger partial charge in [0.15, 0.2) is 0 Å². The van der Waals surface area contributed by atoms with Gasteiger partial charge < -0.3 is 9.47 Å². The lowest BCUT2D eigenvalue weighted by atomic mass is 10.0. The Morgan fingerprint density at radius 1 is 0.600 bits per heavy atom. The van der Waals surface area contributed by atoms with Crippen LogP contribution in [0.25, 0.3) is 21.5 Å². The van der Waals surface area contributed by atoms with Crippen LogP contribution in [0.4, 0.5) is 0 Å². The van der Waals surface area contributed by atoms with Gasteiger partial charge in [-0.25, -0.2) is 0 Å². The Labute approximate surface area is 212 Å². The fourth-order valence-electron chi connectivity index (χ4n) is 4.84. The van der Waals surface area contributed by atoms with Crippen LogP contribution in [0.5, 0.6) is 5.75 Å². The number of carbonyl (C=O) groups is 1. The van der Waals surface area contributed by atoms with E-state index in [1.54, 1.807) is 0 Å². The van der Waals surface area contributed by atoms with E-state index in [0.717, 1.165) is 31.6 Å². The van der Waals surface area contributed by atoms with Crippen LogP contribution in [0.3, 0.4) is 0 Å². The normalized spacial score (nSPS) is 11.2. The maximum Gasteiger partial charge on any atom is 0.305 e. The summed E-state index contributed by atoms with van der Waals surface area (Å²) >= 11 is 0. The molecule has 190 valence electrons. The Balaban J connectivity index is 1.16. The minimum absolute atomic E-state index is 0.0758. The summed E-state index contributed by atoms with van der Waals surface area (Å²) in [5.41, 5.74) is 0. The Hall–Kier alpha value is -2.55. The number of unbranched alkanes of at least 4 members (excludes halogenated alkanes) is 13. The van der Waals surface area contributed by atoms with E-state index in [-0.39, 0.29) is 5.97 Å². The lowest BCUT2D eigenvalue weighted by Gasteiger charge is -2.10. The van der Waals surface area contributed by atoms with Gasteiger partial charge in [0.05, 0.1) is 13.7 Å². The van der Waals surface area contributed by atoms with E-state index in [9.17, 15) is 4.79 Å². The number of esters is 1. The monoisotopic (exact) mass is 476 g/mol. The summed E-state index contributed by atoms with van der Waals surface area (Å²) in [7, 11) is 1.47. The standard InChI is InChI=1S/C32H44O3/c1-34-32(33)23-14-12-10-8-6-4-2-3-5-7-9-11-13-17-24-35-31-22-18-21-29-25-27-19-15-16-20-28(27)26-30(29)31/h15-16,18-22,25-26H,2-14,17,23-24H2,1H3. The highest BCUT2D eigenvalue weighted by atomic mass is 16.5. The summed E-state index contributed by atoms with van der Waals surface area (Å²) < 4.78 is 10.8. The highest BCUT2D eigenvalue weighted by molar-refractivity contribution is 6.00. The molecule has 0 unspecified atom stereocenters. The highest BCUT2D eigenvalue weighted by Gasteiger charge is 2.04. The summed E-state index contributed by atoms with van der Waals surface area (Å²) in [5, 5.41) is 5.01. The van der Waals surface area contributed by atoms with Crippen molar-refractivity contribution in [1.29, 1.82) is 0 Å². The third-order valence-corrected chi connectivity index (χ3v) is 6.97. The van der Waals surface area contributed by atoms with E-state index in [1.807, 2.05) is 0 Å². The van der Waals surface area contributed by atoms with Gasteiger partial charge in [0.2, 0.25) is 0 Å². The lowest BCUT2D eigenvalue weighted by molar-refractivity contribution is -0.140. The Bertz CT molecular complexity index is 1010. The van der Waals surface area contributed by atoms with Gasteiger partial charge in [-0.05, 0) is 47.2 Å². The summed E-state index contributed by atoms with van der Waals surface area (Å²) in [5.74, 6) is 0.933. The Morgan fingerprint density at radius 3 is 1.71 bits per heavy atom. The third-order valence-electron chi connectivity index (χ3n) is 6.97. The van der Waals surface area contributed by atoms with Gasteiger partial charge in [-0.1, -0.05) is 113 Å². The second-order valence-corrected chi connectivity index (χ2v) is 9.80. The second-order valence-electron chi connectivity index (χ2n) is 9.80. The number of fused-ring (bicyclic) bond motifs is 2. The number of benzene rings is 3. The van der Waals surface area contributed by atoms with Crippen LogP contribution in [0, 0.1) is 0 Å². The highest BCUT2D eigenvalue weighted by Crippen LogP contribution is 2.30. The van der Waals surface area contributed by atoms with Gasteiger partial charge in [-0.3, -0.25) is 4.79 Å². The van der Waals surface area contributed by atoms with Crippen molar-refractivity contribution in [2.75, 3.05) is 13.7 Å². The molecule has 0 aliphatic carbocycles. The summed E-state index contributed by atoms with van der Waals surface area (Å²) in [6.45, 7) is 0.800. The fourth-order valence-corrected chi connectivity index (χ4v) is 4.84. The molecule has 0 bridgehead atoms. The number of methoxy groups -OCH3 is 1. The molecule has 0 spiro atoms. The molecule has 0 amide bonds. The molecule has 0 radical (unpaired) electrons. The van der Waals surface area contributed by atoms with Crippen molar-refractivity contribution in [3.8, 4) is 5.75 Å². The molecule has 35 heavy (non-hydrogen) atoms. The summed E-state index contributed by atoms with van der Waals surface area (Å²) in [4.78, 5) is 11.1. The molecule has 3 aromatic carbocycles. The van der Waals surface area contributed by atoms with Crippen molar-refractivity contribution < 1.29 is 14.3 Å². The zero-order valence-electron chi connectivity index (χ0n) is 21.7. The van der Waals surface area contributed by atoms with E-state index in [4.69, 9.17) is 4.74 Å². The minimum atomic E-state index is -0.0758. The second kappa shape index (κ2) is 16.2. The molecule has 0 aromatic heterocycles. The van der Waals surface area contributed by atoms with Gasteiger partial charge in [-0.2, -0.15) is 0 Å². The van der Waals surface area contributed by atoms with Crippen molar-refractivity contribution in [3.05, 3.63) is 54.6 Å². The van der Waals surface area contributed by atoms with E-state index in [1.165, 1.54) is 99.3 Å². The molecule has 0 fully saturated rings. The van der Waals surface area contributed by atoms with Crippen LogP contribution in [0.2, 0.25) is 0 Å². The summed E-state index contributed by atoms with van der Waals surface area (Å²) in [6, 6.07) is 19.4. The molecule has 0 aliphatic rings. The molecule has 0 saturated carbocycles. The van der Waals surface area contributed by atoms with E-state index in [0.29, 0.717) is 6.42 Å². The minimum Gasteiger partial charge on any atom is -0.493 e. The predicted octanol–water partition coefficient (Wildman–Crippen LogP) is 9.40. The first-order chi connectivity index (χ1) is 17.3. The Morgan fingerprint density at radius 2 is 1.11 bits per heavy atom. The van der Waals surface area contributed by atoms with E-state index < -0.39 is 0 Å². The first-order valence-corrected chi connectivity index (χ1v) is 13.9. The maximum atomic E-state index is 11.1. The molecule has 0 N–H and O–H groups in total. The van der Waals surface area contributed by atoms with Gasteiger partial charge >= 0.3 is 5.97 Å². The molecule has 0 heterocycles. The SMILES string of the molecule is COC(=O)CCCCCCCCCCCCCCCCOc1cccc2cc3ccccc3cc12. The molecular formula is C32H44O3. The van der Waals surface area contributed by atoms with E-state index >= 15 is 0 Å². The maximum absolute atomic E-state index is 11.1. The lowest BCUT2D eigenvalue weighted by Crippen LogP contribution is -1.99. The first kappa shape index (κ1) is 27.0. The number of ether oxygens (including phenoxy) is 2. The molecule has 3 rings (SSSR count). The average Bonchev–Trinajstić information content (AvgIpc) is 2.89. The van der Waals surface area contributed by atoms with Crippen LogP contribution in [0.1, 0.15) is 96.3 Å². The quantitative estimate of drug-likeness (QED) is 0.104. The van der Waals surface area contributed by atoms with E-state index in [2.05, 4.69) is 59.3 Å². The number of hydrogen-bond acceptors (Lipinski definition) is 3. The number of hydrogen-bond donors (Lipinski definition) is 0. The summed E-state index contributed by atoms with van der Waals surface area (Å²) in [6.07, 6.45) is 18.5. The van der Waals surface area contributed by atoms with Crippen molar-refractivity contribution in [1.82, 2.24) is 0 Å². The zero-order chi connectivity index (χ0) is 24.6. The smallest absolute Gasteiger partial charge is 0.305 e. The molecule has 3 heteroatoms. The van der Waals surface area contributed by atoms with Crippen molar-refractivity contribution in [3.63, 3.8) is 0 Å².